The first-order valence-electron chi connectivity index (χ1n) is 6.64. The molecule has 0 aliphatic carbocycles. The van der Waals surface area contributed by atoms with E-state index in [1.165, 1.54) is 5.56 Å². The molecule has 1 aliphatic heterocycles. The summed E-state index contributed by atoms with van der Waals surface area (Å²) in [5.74, 6) is 0.918. The van der Waals surface area contributed by atoms with Crippen molar-refractivity contribution in [3.05, 3.63) is 29.6 Å². The SMILES string of the molecule is CCC(C#N)C1(c2ccc3nc(C)[nH]c3c2)COC1. The summed E-state index contributed by atoms with van der Waals surface area (Å²) in [7, 11) is 0. The minimum atomic E-state index is -0.142. The molecule has 19 heavy (non-hydrogen) atoms. The van der Waals surface area contributed by atoms with Gasteiger partial charge in [-0.2, -0.15) is 5.26 Å². The van der Waals surface area contributed by atoms with Crippen LogP contribution in [0.5, 0.6) is 0 Å². The molecule has 2 aromatic rings. The van der Waals surface area contributed by atoms with E-state index in [2.05, 4.69) is 35.1 Å². The zero-order valence-electron chi connectivity index (χ0n) is 11.2. The van der Waals surface area contributed by atoms with Crippen LogP contribution in [0, 0.1) is 24.2 Å². The van der Waals surface area contributed by atoms with Crippen molar-refractivity contribution >= 4 is 11.0 Å². The van der Waals surface area contributed by atoms with E-state index in [9.17, 15) is 5.26 Å². The van der Waals surface area contributed by atoms with Crippen LogP contribution >= 0.6 is 0 Å². The van der Waals surface area contributed by atoms with Gasteiger partial charge in [-0.05, 0) is 31.0 Å². The van der Waals surface area contributed by atoms with E-state index in [-0.39, 0.29) is 11.3 Å². The van der Waals surface area contributed by atoms with Gasteiger partial charge >= 0.3 is 0 Å². The Morgan fingerprint density at radius 2 is 2.32 bits per heavy atom. The fourth-order valence-electron chi connectivity index (χ4n) is 2.94. The van der Waals surface area contributed by atoms with Crippen molar-refractivity contribution in [3.63, 3.8) is 0 Å². The highest BCUT2D eigenvalue weighted by Gasteiger charge is 2.46. The van der Waals surface area contributed by atoms with Crippen LogP contribution in [0.1, 0.15) is 24.7 Å². The maximum absolute atomic E-state index is 9.38. The number of ether oxygens (including phenoxy) is 1. The van der Waals surface area contributed by atoms with Gasteiger partial charge in [-0.1, -0.05) is 13.0 Å². The van der Waals surface area contributed by atoms with Gasteiger partial charge in [0.15, 0.2) is 0 Å². The van der Waals surface area contributed by atoms with Gasteiger partial charge in [0.2, 0.25) is 0 Å². The monoisotopic (exact) mass is 255 g/mol. The molecular formula is C15H17N3O. The molecule has 4 heteroatoms. The highest BCUT2D eigenvalue weighted by atomic mass is 16.5. The van der Waals surface area contributed by atoms with Crippen molar-refractivity contribution in [2.24, 2.45) is 5.92 Å². The third-order valence-corrected chi connectivity index (χ3v) is 4.13. The molecule has 1 atom stereocenters. The molecule has 1 saturated heterocycles. The Bertz CT molecular complexity index is 649. The van der Waals surface area contributed by atoms with Crippen LogP contribution < -0.4 is 0 Å². The lowest BCUT2D eigenvalue weighted by Crippen LogP contribution is -2.51. The largest absolute Gasteiger partial charge is 0.379 e. The second-order valence-corrected chi connectivity index (χ2v) is 5.29. The minimum Gasteiger partial charge on any atom is -0.379 e. The first-order valence-corrected chi connectivity index (χ1v) is 6.64. The predicted molar refractivity (Wildman–Crippen MR) is 72.7 cm³/mol. The molecule has 4 nitrogen and oxygen atoms in total. The molecule has 98 valence electrons. The van der Waals surface area contributed by atoms with Gasteiger partial charge in [0.25, 0.3) is 0 Å². The maximum atomic E-state index is 9.38. The molecule has 1 aromatic heterocycles. The zero-order valence-corrected chi connectivity index (χ0v) is 11.2. The number of nitrogens with one attached hydrogen (secondary N) is 1. The van der Waals surface area contributed by atoms with Crippen molar-refractivity contribution < 1.29 is 4.74 Å². The summed E-state index contributed by atoms with van der Waals surface area (Å²) in [6.07, 6.45) is 0.847. The van der Waals surface area contributed by atoms with E-state index < -0.39 is 0 Å². The third-order valence-electron chi connectivity index (χ3n) is 4.13. The van der Waals surface area contributed by atoms with Crippen molar-refractivity contribution in [2.45, 2.75) is 25.7 Å². The van der Waals surface area contributed by atoms with E-state index in [4.69, 9.17) is 4.74 Å². The fraction of sp³-hybridized carbons (Fsp3) is 0.467. The number of benzene rings is 1. The van der Waals surface area contributed by atoms with Crippen LogP contribution in [0.3, 0.4) is 0 Å². The lowest BCUT2D eigenvalue weighted by atomic mass is 9.68. The van der Waals surface area contributed by atoms with Crippen molar-refractivity contribution in [1.29, 1.82) is 5.26 Å². The number of rotatable bonds is 3. The van der Waals surface area contributed by atoms with Crippen LogP contribution in [0.4, 0.5) is 0 Å². The highest BCUT2D eigenvalue weighted by molar-refractivity contribution is 5.76. The topological polar surface area (TPSA) is 61.7 Å². The molecule has 1 fully saturated rings. The van der Waals surface area contributed by atoms with E-state index in [1.54, 1.807) is 0 Å². The number of fused-ring (bicyclic) bond motifs is 1. The summed E-state index contributed by atoms with van der Waals surface area (Å²) in [5.41, 5.74) is 3.05. The molecule has 1 N–H and O–H groups in total. The molecule has 0 bridgehead atoms. The number of aromatic nitrogens is 2. The molecule has 0 radical (unpaired) electrons. The molecule has 0 spiro atoms. The van der Waals surface area contributed by atoms with E-state index in [0.29, 0.717) is 13.2 Å². The fourth-order valence-corrected chi connectivity index (χ4v) is 2.94. The van der Waals surface area contributed by atoms with Crippen LogP contribution in [0.25, 0.3) is 11.0 Å². The molecule has 1 aromatic carbocycles. The van der Waals surface area contributed by atoms with Crippen LogP contribution in [0.15, 0.2) is 18.2 Å². The molecule has 1 unspecified atom stereocenters. The van der Waals surface area contributed by atoms with Crippen LogP contribution in [-0.2, 0) is 10.2 Å². The lowest BCUT2D eigenvalue weighted by Gasteiger charge is -2.44. The Hall–Kier alpha value is -1.86. The van der Waals surface area contributed by atoms with Gasteiger partial charge < -0.3 is 9.72 Å². The predicted octanol–water partition coefficient (Wildman–Crippen LogP) is 2.69. The van der Waals surface area contributed by atoms with E-state index in [0.717, 1.165) is 23.3 Å². The number of hydrogen-bond donors (Lipinski definition) is 1. The second kappa shape index (κ2) is 4.36. The Morgan fingerprint density at radius 3 is 2.89 bits per heavy atom. The van der Waals surface area contributed by atoms with E-state index in [1.807, 2.05) is 13.0 Å². The number of nitrogens with zero attached hydrogens (tertiary/aromatic N) is 2. The van der Waals surface area contributed by atoms with Crippen molar-refractivity contribution in [2.75, 3.05) is 13.2 Å². The average molecular weight is 255 g/mol. The summed E-state index contributed by atoms with van der Waals surface area (Å²) in [6.45, 7) is 5.29. The molecule has 0 saturated carbocycles. The summed E-state index contributed by atoms with van der Waals surface area (Å²) in [6, 6.07) is 8.68. The van der Waals surface area contributed by atoms with Gasteiger partial charge in [0, 0.05) is 0 Å². The maximum Gasteiger partial charge on any atom is 0.104 e. The van der Waals surface area contributed by atoms with Gasteiger partial charge in [-0.15, -0.1) is 0 Å². The number of aromatic amines is 1. The minimum absolute atomic E-state index is 0.00252. The number of hydrogen-bond acceptors (Lipinski definition) is 3. The van der Waals surface area contributed by atoms with Crippen molar-refractivity contribution in [3.8, 4) is 6.07 Å². The van der Waals surface area contributed by atoms with Crippen LogP contribution in [0.2, 0.25) is 0 Å². The highest BCUT2D eigenvalue weighted by Crippen LogP contribution is 2.41. The average Bonchev–Trinajstić information content (AvgIpc) is 2.72. The van der Waals surface area contributed by atoms with Crippen LogP contribution in [-0.4, -0.2) is 23.2 Å². The lowest BCUT2D eigenvalue weighted by molar-refractivity contribution is -0.0804. The first kappa shape index (κ1) is 12.2. The molecular weight excluding hydrogens is 238 g/mol. The molecule has 3 rings (SSSR count). The quantitative estimate of drug-likeness (QED) is 0.917. The normalized spacial score (nSPS) is 18.8. The number of imidazole rings is 1. The Morgan fingerprint density at radius 1 is 1.53 bits per heavy atom. The third kappa shape index (κ3) is 1.73. The number of H-pyrrole nitrogens is 1. The second-order valence-electron chi connectivity index (χ2n) is 5.29. The summed E-state index contributed by atoms with van der Waals surface area (Å²) >= 11 is 0. The Balaban J connectivity index is 2.08. The van der Waals surface area contributed by atoms with Gasteiger partial charge in [0.1, 0.15) is 5.82 Å². The van der Waals surface area contributed by atoms with E-state index >= 15 is 0 Å². The van der Waals surface area contributed by atoms with Gasteiger partial charge in [-0.3, -0.25) is 0 Å². The summed E-state index contributed by atoms with van der Waals surface area (Å²) in [5, 5.41) is 9.38. The zero-order chi connectivity index (χ0) is 13.5. The number of nitriles is 1. The molecule has 2 heterocycles. The van der Waals surface area contributed by atoms with Crippen molar-refractivity contribution in [1.82, 2.24) is 9.97 Å². The Kier molecular flexibility index (Phi) is 2.79. The molecule has 0 amide bonds. The molecule has 1 aliphatic rings. The number of aryl methyl sites for hydroxylation is 1. The Labute approximate surface area is 112 Å². The summed E-state index contributed by atoms with van der Waals surface area (Å²) < 4.78 is 5.42. The van der Waals surface area contributed by atoms with Gasteiger partial charge in [0.05, 0.1) is 41.6 Å². The summed E-state index contributed by atoms with van der Waals surface area (Å²) in [4.78, 5) is 7.67. The smallest absolute Gasteiger partial charge is 0.104 e. The first-order chi connectivity index (χ1) is 9.19. The standard InChI is InChI=1S/C15H17N3O/c1-3-11(7-16)15(8-19-9-15)12-4-5-13-14(6-12)18-10(2)17-13/h4-6,11H,3,8-9H2,1-2H3,(H,17,18). The van der Waals surface area contributed by atoms with Gasteiger partial charge in [-0.25, -0.2) is 4.98 Å².